The maximum atomic E-state index is 5.88. The van der Waals surface area contributed by atoms with Gasteiger partial charge in [0.15, 0.2) is 0 Å². The van der Waals surface area contributed by atoms with Gasteiger partial charge in [0.1, 0.15) is 0 Å². The molecule has 2 N–H and O–H groups in total. The van der Waals surface area contributed by atoms with Crippen LogP contribution in [0.3, 0.4) is 0 Å². The van der Waals surface area contributed by atoms with E-state index in [0.717, 1.165) is 0 Å². The first kappa shape index (κ1) is 13.8. The van der Waals surface area contributed by atoms with E-state index in [9.17, 15) is 0 Å². The van der Waals surface area contributed by atoms with Gasteiger partial charge < -0.3 is 5.73 Å². The van der Waals surface area contributed by atoms with Crippen LogP contribution < -0.4 is 5.73 Å². The van der Waals surface area contributed by atoms with E-state index in [1.165, 1.54) is 22.3 Å². The molecule has 0 unspecified atom stereocenters. The fourth-order valence-electron chi connectivity index (χ4n) is 1.75. The van der Waals surface area contributed by atoms with Gasteiger partial charge in [0, 0.05) is 6.04 Å². The third-order valence-corrected chi connectivity index (χ3v) is 2.80. The van der Waals surface area contributed by atoms with Gasteiger partial charge in [-0.1, -0.05) is 48.0 Å². The zero-order chi connectivity index (χ0) is 11.5. The fraction of sp³-hybridized carbons (Fsp3) is 0.200. The molecule has 0 heterocycles. The topological polar surface area (TPSA) is 26.0 Å². The minimum absolute atomic E-state index is 0. The molecule has 0 saturated carbocycles. The van der Waals surface area contributed by atoms with Crippen molar-refractivity contribution in [2.45, 2.75) is 19.9 Å². The largest absolute Gasteiger partial charge is 0.324 e. The number of hydrogen-bond donors (Lipinski definition) is 1. The van der Waals surface area contributed by atoms with Crippen molar-refractivity contribution >= 4 is 12.4 Å². The Labute approximate surface area is 109 Å². The number of halogens is 1. The van der Waals surface area contributed by atoms with Gasteiger partial charge in [0.2, 0.25) is 0 Å². The number of aryl methyl sites for hydroxylation is 1. The Balaban J connectivity index is 0.00000144. The highest BCUT2D eigenvalue weighted by atomic mass is 35.5. The van der Waals surface area contributed by atoms with Crippen LogP contribution in [-0.4, -0.2) is 0 Å². The monoisotopic (exact) mass is 247 g/mol. The van der Waals surface area contributed by atoms with Crippen molar-refractivity contribution < 1.29 is 0 Å². The smallest absolute Gasteiger partial charge is 0.0266 e. The maximum Gasteiger partial charge on any atom is 0.0266 e. The van der Waals surface area contributed by atoms with Gasteiger partial charge in [0.05, 0.1) is 0 Å². The third-order valence-electron chi connectivity index (χ3n) is 2.80. The summed E-state index contributed by atoms with van der Waals surface area (Å²) in [5.41, 5.74) is 10.8. The van der Waals surface area contributed by atoms with E-state index in [-0.39, 0.29) is 18.4 Å². The van der Waals surface area contributed by atoms with Crippen LogP contribution in [0.5, 0.6) is 0 Å². The molecule has 0 fully saturated rings. The van der Waals surface area contributed by atoms with Crippen LogP contribution in [0.15, 0.2) is 48.5 Å². The van der Waals surface area contributed by atoms with E-state index >= 15 is 0 Å². The molecule has 0 aromatic heterocycles. The molecule has 1 atom stereocenters. The Morgan fingerprint density at radius 2 is 1.59 bits per heavy atom. The molecule has 0 saturated heterocycles. The lowest BCUT2D eigenvalue weighted by Gasteiger charge is -2.08. The molecule has 0 bridgehead atoms. The minimum Gasteiger partial charge on any atom is -0.324 e. The van der Waals surface area contributed by atoms with Crippen molar-refractivity contribution in [1.82, 2.24) is 0 Å². The van der Waals surface area contributed by atoms with Crippen molar-refractivity contribution in [2.24, 2.45) is 5.73 Å². The summed E-state index contributed by atoms with van der Waals surface area (Å²) in [7, 11) is 0. The lowest BCUT2D eigenvalue weighted by molar-refractivity contribution is 0.819. The van der Waals surface area contributed by atoms with Crippen LogP contribution in [-0.2, 0) is 0 Å². The van der Waals surface area contributed by atoms with E-state index in [4.69, 9.17) is 5.73 Å². The zero-order valence-corrected chi connectivity index (χ0v) is 11.0. The number of nitrogens with two attached hydrogens (primary N) is 1. The van der Waals surface area contributed by atoms with Gasteiger partial charge in [-0.05, 0) is 36.6 Å². The van der Waals surface area contributed by atoms with E-state index in [0.29, 0.717) is 0 Å². The standard InChI is InChI=1S/C15H17N.ClH/c1-11-6-8-13(9-7-11)15-5-3-4-14(10-15)12(2)16;/h3-10,12H,16H2,1-2H3;1H/t12-;/m0./s1. The highest BCUT2D eigenvalue weighted by Gasteiger charge is 2.02. The quantitative estimate of drug-likeness (QED) is 0.850. The normalized spacial score (nSPS) is 11.7. The van der Waals surface area contributed by atoms with Crippen molar-refractivity contribution in [3.05, 3.63) is 59.7 Å². The molecule has 2 aromatic carbocycles. The van der Waals surface area contributed by atoms with Crippen molar-refractivity contribution in [2.75, 3.05) is 0 Å². The number of rotatable bonds is 2. The van der Waals surface area contributed by atoms with Crippen LogP contribution in [0.2, 0.25) is 0 Å². The predicted molar refractivity (Wildman–Crippen MR) is 76.5 cm³/mol. The average Bonchev–Trinajstić information content (AvgIpc) is 2.30. The molecular formula is C15H18ClN. The predicted octanol–water partition coefficient (Wildman–Crippen LogP) is 4.10. The highest BCUT2D eigenvalue weighted by Crippen LogP contribution is 2.22. The maximum absolute atomic E-state index is 5.88. The molecule has 0 aliphatic carbocycles. The van der Waals surface area contributed by atoms with Gasteiger partial charge in [0.25, 0.3) is 0 Å². The molecular weight excluding hydrogens is 230 g/mol. The molecule has 0 amide bonds. The first-order valence-electron chi connectivity index (χ1n) is 5.59. The minimum atomic E-state index is 0. The summed E-state index contributed by atoms with van der Waals surface area (Å²) in [6, 6.07) is 17.1. The van der Waals surface area contributed by atoms with E-state index < -0.39 is 0 Å². The lowest BCUT2D eigenvalue weighted by atomic mass is 10.00. The van der Waals surface area contributed by atoms with Crippen molar-refractivity contribution in [3.8, 4) is 11.1 Å². The second kappa shape index (κ2) is 5.85. The Morgan fingerprint density at radius 3 is 2.18 bits per heavy atom. The summed E-state index contributed by atoms with van der Waals surface area (Å²) in [6.45, 7) is 4.11. The number of hydrogen-bond acceptors (Lipinski definition) is 1. The van der Waals surface area contributed by atoms with E-state index in [1.807, 2.05) is 6.92 Å². The summed E-state index contributed by atoms with van der Waals surface area (Å²) in [6.07, 6.45) is 0. The van der Waals surface area contributed by atoms with Gasteiger partial charge in [-0.25, -0.2) is 0 Å². The molecule has 0 radical (unpaired) electrons. The lowest BCUT2D eigenvalue weighted by Crippen LogP contribution is -2.04. The van der Waals surface area contributed by atoms with Crippen LogP contribution in [0.25, 0.3) is 11.1 Å². The third kappa shape index (κ3) is 3.32. The second-order valence-electron chi connectivity index (χ2n) is 4.28. The summed E-state index contributed by atoms with van der Waals surface area (Å²) in [4.78, 5) is 0. The first-order valence-corrected chi connectivity index (χ1v) is 5.59. The molecule has 0 spiro atoms. The Morgan fingerprint density at radius 1 is 0.941 bits per heavy atom. The highest BCUT2D eigenvalue weighted by molar-refractivity contribution is 5.85. The average molecular weight is 248 g/mol. The molecule has 17 heavy (non-hydrogen) atoms. The zero-order valence-electron chi connectivity index (χ0n) is 10.2. The molecule has 90 valence electrons. The molecule has 0 aliphatic heterocycles. The van der Waals surface area contributed by atoms with Gasteiger partial charge in [-0.3, -0.25) is 0 Å². The Kier molecular flexibility index (Phi) is 4.73. The fourth-order valence-corrected chi connectivity index (χ4v) is 1.75. The van der Waals surface area contributed by atoms with Gasteiger partial charge >= 0.3 is 0 Å². The summed E-state index contributed by atoms with van der Waals surface area (Å²) in [5, 5.41) is 0. The van der Waals surface area contributed by atoms with Crippen LogP contribution in [0, 0.1) is 6.92 Å². The van der Waals surface area contributed by atoms with Gasteiger partial charge in [-0.15, -0.1) is 12.4 Å². The molecule has 2 aromatic rings. The van der Waals surface area contributed by atoms with Crippen LogP contribution >= 0.6 is 12.4 Å². The summed E-state index contributed by atoms with van der Waals surface area (Å²) in [5.74, 6) is 0. The molecule has 1 nitrogen and oxygen atoms in total. The number of benzene rings is 2. The second-order valence-corrected chi connectivity index (χ2v) is 4.28. The van der Waals surface area contributed by atoms with Crippen LogP contribution in [0.4, 0.5) is 0 Å². The summed E-state index contributed by atoms with van der Waals surface area (Å²) < 4.78 is 0. The summed E-state index contributed by atoms with van der Waals surface area (Å²) >= 11 is 0. The molecule has 0 aliphatic rings. The Hall–Kier alpha value is -1.31. The van der Waals surface area contributed by atoms with E-state index in [2.05, 4.69) is 55.5 Å². The van der Waals surface area contributed by atoms with Gasteiger partial charge in [-0.2, -0.15) is 0 Å². The Bertz CT molecular complexity index is 475. The van der Waals surface area contributed by atoms with Crippen LogP contribution in [0.1, 0.15) is 24.1 Å². The SMILES string of the molecule is Cc1ccc(-c2cccc([C@H](C)N)c2)cc1.Cl. The van der Waals surface area contributed by atoms with Crippen molar-refractivity contribution in [3.63, 3.8) is 0 Å². The molecule has 2 rings (SSSR count). The molecule has 2 heteroatoms. The van der Waals surface area contributed by atoms with Crippen molar-refractivity contribution in [1.29, 1.82) is 0 Å². The first-order chi connectivity index (χ1) is 7.66. The van der Waals surface area contributed by atoms with E-state index in [1.54, 1.807) is 0 Å².